The van der Waals surface area contributed by atoms with Gasteiger partial charge in [0.25, 0.3) is 0 Å². The summed E-state index contributed by atoms with van der Waals surface area (Å²) < 4.78 is 5.18. The minimum absolute atomic E-state index is 0.00414. The molecule has 0 bridgehead atoms. The number of rotatable bonds is 4. The fraction of sp³-hybridized carbons (Fsp3) is 0.647. The molecule has 0 aromatic carbocycles. The molecule has 2 atom stereocenters. The SMILES string of the molecule is CCOC(=O)C1CC1(CC)c1cncc(C(C)(C)C)c1. The molecular formula is C17H25NO2. The Hall–Kier alpha value is -1.38. The highest BCUT2D eigenvalue weighted by atomic mass is 16.5. The van der Waals surface area contributed by atoms with Crippen molar-refractivity contribution in [2.45, 2.75) is 58.3 Å². The van der Waals surface area contributed by atoms with Crippen molar-refractivity contribution in [1.82, 2.24) is 4.98 Å². The van der Waals surface area contributed by atoms with Gasteiger partial charge in [-0.3, -0.25) is 9.78 Å². The van der Waals surface area contributed by atoms with Crippen LogP contribution in [-0.4, -0.2) is 17.6 Å². The van der Waals surface area contributed by atoms with Gasteiger partial charge in [0.05, 0.1) is 12.5 Å². The molecule has 1 aliphatic rings. The third-order valence-corrected chi connectivity index (χ3v) is 4.46. The van der Waals surface area contributed by atoms with Crippen LogP contribution in [0.5, 0.6) is 0 Å². The number of hydrogen-bond acceptors (Lipinski definition) is 3. The van der Waals surface area contributed by atoms with Gasteiger partial charge in [0.15, 0.2) is 0 Å². The van der Waals surface area contributed by atoms with Crippen LogP contribution in [0.4, 0.5) is 0 Å². The Kier molecular flexibility index (Phi) is 3.90. The predicted octanol–water partition coefficient (Wildman–Crippen LogP) is 3.61. The van der Waals surface area contributed by atoms with E-state index in [4.69, 9.17) is 4.74 Å². The maximum Gasteiger partial charge on any atom is 0.309 e. The van der Waals surface area contributed by atoms with E-state index in [0.29, 0.717) is 6.61 Å². The number of ether oxygens (including phenoxy) is 1. The first-order valence-electron chi connectivity index (χ1n) is 7.47. The molecule has 20 heavy (non-hydrogen) atoms. The molecule has 0 amide bonds. The number of carbonyl (C=O) groups excluding carboxylic acids is 1. The average Bonchev–Trinajstić information content (AvgIpc) is 3.14. The first-order chi connectivity index (χ1) is 9.35. The molecule has 110 valence electrons. The fourth-order valence-corrected chi connectivity index (χ4v) is 2.89. The third-order valence-electron chi connectivity index (χ3n) is 4.46. The van der Waals surface area contributed by atoms with E-state index < -0.39 is 0 Å². The Morgan fingerprint density at radius 1 is 1.40 bits per heavy atom. The summed E-state index contributed by atoms with van der Waals surface area (Å²) in [6, 6.07) is 2.22. The van der Waals surface area contributed by atoms with Gasteiger partial charge < -0.3 is 4.74 Å². The van der Waals surface area contributed by atoms with Crippen molar-refractivity contribution in [3.63, 3.8) is 0 Å². The van der Waals surface area contributed by atoms with Crippen molar-refractivity contribution in [1.29, 1.82) is 0 Å². The van der Waals surface area contributed by atoms with Gasteiger partial charge in [-0.1, -0.05) is 33.8 Å². The van der Waals surface area contributed by atoms with Crippen molar-refractivity contribution in [3.8, 4) is 0 Å². The first kappa shape index (κ1) is 15.0. The third kappa shape index (κ3) is 2.58. The molecule has 1 aliphatic carbocycles. The molecular weight excluding hydrogens is 250 g/mol. The maximum atomic E-state index is 12.0. The van der Waals surface area contributed by atoms with Crippen LogP contribution in [0, 0.1) is 5.92 Å². The van der Waals surface area contributed by atoms with Gasteiger partial charge in [0, 0.05) is 17.8 Å². The van der Waals surface area contributed by atoms with Crippen LogP contribution in [0.25, 0.3) is 0 Å². The minimum Gasteiger partial charge on any atom is -0.466 e. The highest BCUT2D eigenvalue weighted by molar-refractivity contribution is 5.79. The zero-order valence-corrected chi connectivity index (χ0v) is 13.2. The van der Waals surface area contributed by atoms with Crippen LogP contribution in [0.2, 0.25) is 0 Å². The maximum absolute atomic E-state index is 12.0. The van der Waals surface area contributed by atoms with Crippen LogP contribution in [-0.2, 0) is 20.4 Å². The summed E-state index contributed by atoms with van der Waals surface area (Å²) in [6.45, 7) is 11.0. The summed E-state index contributed by atoms with van der Waals surface area (Å²) in [4.78, 5) is 16.4. The van der Waals surface area contributed by atoms with E-state index in [1.807, 2.05) is 19.3 Å². The first-order valence-corrected chi connectivity index (χ1v) is 7.47. The predicted molar refractivity (Wildman–Crippen MR) is 79.6 cm³/mol. The quantitative estimate of drug-likeness (QED) is 0.788. The summed E-state index contributed by atoms with van der Waals surface area (Å²) in [5.41, 5.74) is 2.43. The molecule has 1 fully saturated rings. The average molecular weight is 275 g/mol. The molecule has 2 unspecified atom stereocenters. The number of pyridine rings is 1. The van der Waals surface area contributed by atoms with Crippen molar-refractivity contribution in [2.24, 2.45) is 5.92 Å². The normalized spacial score (nSPS) is 25.4. The Labute approximate surface area is 121 Å². The fourth-order valence-electron chi connectivity index (χ4n) is 2.89. The summed E-state index contributed by atoms with van der Waals surface area (Å²) in [5.74, 6) is -0.0556. The topological polar surface area (TPSA) is 39.2 Å². The molecule has 0 N–H and O–H groups in total. The molecule has 3 nitrogen and oxygen atoms in total. The lowest BCUT2D eigenvalue weighted by atomic mass is 9.84. The summed E-state index contributed by atoms with van der Waals surface area (Å²) in [6.07, 6.45) is 5.68. The largest absolute Gasteiger partial charge is 0.466 e. The lowest BCUT2D eigenvalue weighted by molar-refractivity contribution is -0.145. The van der Waals surface area contributed by atoms with E-state index in [1.54, 1.807) is 0 Å². The summed E-state index contributed by atoms with van der Waals surface area (Å²) >= 11 is 0. The van der Waals surface area contributed by atoms with Crippen molar-refractivity contribution in [3.05, 3.63) is 29.6 Å². The second kappa shape index (κ2) is 5.19. The number of nitrogens with zero attached hydrogens (tertiary/aromatic N) is 1. The van der Waals surface area contributed by atoms with Crippen LogP contribution in [0.1, 0.15) is 58.6 Å². The van der Waals surface area contributed by atoms with Crippen LogP contribution in [0.3, 0.4) is 0 Å². The van der Waals surface area contributed by atoms with Gasteiger partial charge in [0.2, 0.25) is 0 Å². The molecule has 2 rings (SSSR count). The van der Waals surface area contributed by atoms with Crippen LogP contribution in [0.15, 0.2) is 18.5 Å². The number of aromatic nitrogens is 1. The Morgan fingerprint density at radius 3 is 2.65 bits per heavy atom. The molecule has 3 heteroatoms. The number of carbonyl (C=O) groups is 1. The van der Waals surface area contributed by atoms with E-state index in [2.05, 4.69) is 38.7 Å². The van der Waals surface area contributed by atoms with Crippen LogP contribution < -0.4 is 0 Å². The Bertz CT molecular complexity index is 504. The van der Waals surface area contributed by atoms with Gasteiger partial charge in [0.1, 0.15) is 0 Å². The van der Waals surface area contributed by atoms with E-state index >= 15 is 0 Å². The van der Waals surface area contributed by atoms with Crippen LogP contribution >= 0.6 is 0 Å². The summed E-state index contributed by atoms with van der Waals surface area (Å²) in [5, 5.41) is 0. The molecule has 1 saturated carbocycles. The van der Waals surface area contributed by atoms with E-state index in [1.165, 1.54) is 11.1 Å². The zero-order valence-electron chi connectivity index (χ0n) is 13.2. The van der Waals surface area contributed by atoms with E-state index in [0.717, 1.165) is 12.8 Å². The number of esters is 1. The van der Waals surface area contributed by atoms with Gasteiger partial charge in [-0.2, -0.15) is 0 Å². The highest BCUT2D eigenvalue weighted by Crippen LogP contribution is 2.57. The molecule has 1 heterocycles. The standard InChI is InChI=1S/C17H25NO2/c1-6-17(9-14(17)15(19)20-7-2)13-8-12(10-18-11-13)16(3,4)5/h8,10-11,14H,6-7,9H2,1-5H3. The smallest absolute Gasteiger partial charge is 0.309 e. The van der Waals surface area contributed by atoms with Gasteiger partial charge in [-0.05, 0) is 36.3 Å². The van der Waals surface area contributed by atoms with Gasteiger partial charge >= 0.3 is 5.97 Å². The monoisotopic (exact) mass is 275 g/mol. The lowest BCUT2D eigenvalue weighted by Crippen LogP contribution is -2.19. The molecule has 0 aliphatic heterocycles. The van der Waals surface area contributed by atoms with Gasteiger partial charge in [-0.25, -0.2) is 0 Å². The molecule has 1 aromatic heterocycles. The van der Waals surface area contributed by atoms with Crippen molar-refractivity contribution < 1.29 is 9.53 Å². The summed E-state index contributed by atoms with van der Waals surface area (Å²) in [7, 11) is 0. The van der Waals surface area contributed by atoms with Crippen molar-refractivity contribution >= 4 is 5.97 Å². The molecule has 0 spiro atoms. The molecule has 0 radical (unpaired) electrons. The number of hydrogen-bond donors (Lipinski definition) is 0. The molecule has 0 saturated heterocycles. The Balaban J connectivity index is 2.29. The van der Waals surface area contributed by atoms with E-state index in [9.17, 15) is 4.79 Å². The minimum atomic E-state index is -0.0597. The molecule has 1 aromatic rings. The highest BCUT2D eigenvalue weighted by Gasteiger charge is 2.59. The van der Waals surface area contributed by atoms with Crippen molar-refractivity contribution in [2.75, 3.05) is 6.61 Å². The van der Waals surface area contributed by atoms with Gasteiger partial charge in [-0.15, -0.1) is 0 Å². The second-order valence-corrected chi connectivity index (χ2v) is 6.73. The second-order valence-electron chi connectivity index (χ2n) is 6.73. The lowest BCUT2D eigenvalue weighted by Gasteiger charge is -2.22. The zero-order chi connectivity index (χ0) is 15.0. The van der Waals surface area contributed by atoms with E-state index in [-0.39, 0.29) is 22.7 Å². The Morgan fingerprint density at radius 2 is 2.10 bits per heavy atom.